The number of benzene rings is 3. The monoisotopic (exact) mass is 538 g/mol. The molecular formula is C31H33F3N2OS. The molecule has 0 aromatic heterocycles. The predicted molar refractivity (Wildman–Crippen MR) is 146 cm³/mol. The summed E-state index contributed by atoms with van der Waals surface area (Å²) >= 11 is -0.112. The summed E-state index contributed by atoms with van der Waals surface area (Å²) in [6.45, 7) is 3.99. The van der Waals surface area contributed by atoms with Crippen molar-refractivity contribution in [2.75, 3.05) is 26.2 Å². The first-order valence-corrected chi connectivity index (χ1v) is 14.1. The smallest absolute Gasteiger partial charge is 0.338 e. The van der Waals surface area contributed by atoms with Crippen LogP contribution in [0.15, 0.2) is 89.8 Å². The number of nitrogens with zero attached hydrogens (tertiary/aromatic N) is 2. The van der Waals surface area contributed by atoms with Crippen LogP contribution in [0.25, 0.3) is 0 Å². The Bertz CT molecular complexity index is 1150. The largest absolute Gasteiger partial charge is 0.446 e. The van der Waals surface area contributed by atoms with E-state index in [4.69, 9.17) is 0 Å². The van der Waals surface area contributed by atoms with Gasteiger partial charge in [-0.15, -0.1) is 0 Å². The molecule has 0 aliphatic carbocycles. The second-order valence-corrected chi connectivity index (χ2v) is 11.6. The SMILES string of the molecule is O=C1N(Cc2ccc(SC(F)(F)F)cc2)CCC12CCN(CCC(c1ccccc1)c1ccccc1)CC2. The van der Waals surface area contributed by atoms with E-state index in [0.717, 1.165) is 50.9 Å². The minimum absolute atomic E-state index is 0.112. The van der Waals surface area contributed by atoms with Gasteiger partial charge in [-0.25, -0.2) is 0 Å². The van der Waals surface area contributed by atoms with Crippen molar-refractivity contribution in [1.82, 2.24) is 9.80 Å². The van der Waals surface area contributed by atoms with Gasteiger partial charge in [0.05, 0.1) is 5.41 Å². The minimum atomic E-state index is -4.29. The molecule has 0 bridgehead atoms. The lowest BCUT2D eigenvalue weighted by Crippen LogP contribution is -2.45. The van der Waals surface area contributed by atoms with Gasteiger partial charge in [0.2, 0.25) is 5.91 Å². The Hall–Kier alpha value is -2.77. The summed E-state index contributed by atoms with van der Waals surface area (Å²) < 4.78 is 37.8. The maximum Gasteiger partial charge on any atom is 0.446 e. The highest BCUT2D eigenvalue weighted by Crippen LogP contribution is 2.43. The fraction of sp³-hybridized carbons (Fsp3) is 0.387. The molecule has 0 atom stereocenters. The van der Waals surface area contributed by atoms with Crippen molar-refractivity contribution in [3.63, 3.8) is 0 Å². The van der Waals surface area contributed by atoms with Gasteiger partial charge in [-0.2, -0.15) is 13.2 Å². The Balaban J connectivity index is 1.15. The van der Waals surface area contributed by atoms with Gasteiger partial charge >= 0.3 is 5.51 Å². The highest BCUT2D eigenvalue weighted by atomic mass is 32.2. The van der Waals surface area contributed by atoms with Gasteiger partial charge < -0.3 is 9.80 Å². The molecule has 7 heteroatoms. The molecule has 5 rings (SSSR count). The summed E-state index contributed by atoms with van der Waals surface area (Å²) in [5, 5.41) is 0. The molecule has 0 N–H and O–H groups in total. The van der Waals surface area contributed by atoms with Gasteiger partial charge in [0.15, 0.2) is 0 Å². The molecule has 200 valence electrons. The van der Waals surface area contributed by atoms with E-state index in [1.54, 1.807) is 12.1 Å². The van der Waals surface area contributed by atoms with Gasteiger partial charge in [0.1, 0.15) is 0 Å². The highest BCUT2D eigenvalue weighted by Gasteiger charge is 2.47. The predicted octanol–water partition coefficient (Wildman–Crippen LogP) is 7.34. The molecule has 3 nitrogen and oxygen atoms in total. The molecule has 1 amide bonds. The van der Waals surface area contributed by atoms with Crippen molar-refractivity contribution in [2.24, 2.45) is 5.41 Å². The second-order valence-electron chi connectivity index (χ2n) is 10.5. The maximum atomic E-state index is 13.4. The van der Waals surface area contributed by atoms with Crippen molar-refractivity contribution < 1.29 is 18.0 Å². The third kappa shape index (κ3) is 6.44. The average molecular weight is 539 g/mol. The van der Waals surface area contributed by atoms with E-state index in [1.807, 2.05) is 4.90 Å². The first-order chi connectivity index (χ1) is 18.3. The molecule has 2 fully saturated rings. The summed E-state index contributed by atoms with van der Waals surface area (Å²) in [7, 11) is 0. The Kier molecular flexibility index (Phi) is 8.15. The van der Waals surface area contributed by atoms with E-state index < -0.39 is 5.51 Å². The normalized spacial score (nSPS) is 18.0. The number of alkyl halides is 3. The summed E-state index contributed by atoms with van der Waals surface area (Å²) in [6.07, 6.45) is 3.62. The molecule has 0 unspecified atom stereocenters. The van der Waals surface area contributed by atoms with E-state index in [9.17, 15) is 18.0 Å². The van der Waals surface area contributed by atoms with E-state index in [0.29, 0.717) is 19.0 Å². The third-order valence-corrected chi connectivity index (χ3v) is 8.82. The van der Waals surface area contributed by atoms with Crippen LogP contribution in [-0.2, 0) is 11.3 Å². The summed E-state index contributed by atoms with van der Waals surface area (Å²) in [5.41, 5.74) is -1.05. The molecule has 0 saturated carbocycles. The van der Waals surface area contributed by atoms with Crippen molar-refractivity contribution in [3.05, 3.63) is 102 Å². The molecule has 2 aliphatic heterocycles. The van der Waals surface area contributed by atoms with E-state index in [-0.39, 0.29) is 28.0 Å². The van der Waals surface area contributed by atoms with Crippen LogP contribution in [0.2, 0.25) is 0 Å². The Labute approximate surface area is 227 Å². The second kappa shape index (κ2) is 11.5. The topological polar surface area (TPSA) is 23.6 Å². The number of rotatable bonds is 8. The van der Waals surface area contributed by atoms with Crippen LogP contribution in [0, 0.1) is 5.41 Å². The van der Waals surface area contributed by atoms with E-state index in [1.165, 1.54) is 23.3 Å². The van der Waals surface area contributed by atoms with Gasteiger partial charge in [-0.1, -0.05) is 72.8 Å². The Morgan fingerprint density at radius 1 is 0.789 bits per heavy atom. The molecule has 3 aromatic carbocycles. The van der Waals surface area contributed by atoms with Crippen LogP contribution < -0.4 is 0 Å². The number of carbonyl (C=O) groups excluding carboxylic acids is 1. The minimum Gasteiger partial charge on any atom is -0.338 e. The van der Waals surface area contributed by atoms with Crippen LogP contribution in [0.1, 0.15) is 48.3 Å². The molecule has 2 heterocycles. The zero-order valence-corrected chi connectivity index (χ0v) is 22.2. The highest BCUT2D eigenvalue weighted by molar-refractivity contribution is 8.00. The maximum absolute atomic E-state index is 13.4. The quantitative estimate of drug-likeness (QED) is 0.281. The summed E-state index contributed by atoms with van der Waals surface area (Å²) in [5.74, 6) is 0.551. The number of thioether (sulfide) groups is 1. The molecule has 1 spiro atoms. The van der Waals surface area contributed by atoms with E-state index in [2.05, 4.69) is 65.6 Å². The number of hydrogen-bond donors (Lipinski definition) is 0. The molecular weight excluding hydrogens is 505 g/mol. The van der Waals surface area contributed by atoms with Crippen LogP contribution in [0.4, 0.5) is 13.2 Å². The van der Waals surface area contributed by atoms with Gasteiger partial charge in [-0.05, 0) is 85.9 Å². The Morgan fingerprint density at radius 3 is 1.89 bits per heavy atom. The van der Waals surface area contributed by atoms with Crippen molar-refractivity contribution >= 4 is 17.7 Å². The van der Waals surface area contributed by atoms with Crippen molar-refractivity contribution in [3.8, 4) is 0 Å². The first-order valence-electron chi connectivity index (χ1n) is 13.3. The lowest BCUT2D eigenvalue weighted by Gasteiger charge is -2.38. The standard InChI is InChI=1S/C31H33F3N2OS/c32-31(33,34)38-27-13-11-24(12-14-27)23-36-22-18-30(29(36)37)16-20-35(21-17-30)19-15-28(25-7-3-1-4-8-25)26-9-5-2-6-10-26/h1-14,28H,15-23H2. The molecule has 3 aromatic rings. The lowest BCUT2D eigenvalue weighted by molar-refractivity contribution is -0.138. The lowest BCUT2D eigenvalue weighted by atomic mass is 9.77. The number of likely N-dealkylation sites (tertiary alicyclic amines) is 2. The summed E-state index contributed by atoms with van der Waals surface area (Å²) in [6, 6.07) is 27.7. The van der Waals surface area contributed by atoms with E-state index >= 15 is 0 Å². The number of halogens is 3. The Morgan fingerprint density at radius 2 is 1.34 bits per heavy atom. The number of amides is 1. The van der Waals surface area contributed by atoms with Crippen LogP contribution in [0.5, 0.6) is 0 Å². The van der Waals surface area contributed by atoms with Gasteiger partial charge in [0, 0.05) is 23.9 Å². The van der Waals surface area contributed by atoms with Crippen molar-refractivity contribution in [1.29, 1.82) is 0 Å². The fourth-order valence-electron chi connectivity index (χ4n) is 5.94. The fourth-order valence-corrected chi connectivity index (χ4v) is 6.48. The number of hydrogen-bond acceptors (Lipinski definition) is 3. The number of piperidine rings is 1. The summed E-state index contributed by atoms with van der Waals surface area (Å²) in [4.78, 5) is 18.0. The molecule has 38 heavy (non-hydrogen) atoms. The van der Waals surface area contributed by atoms with Crippen LogP contribution >= 0.6 is 11.8 Å². The van der Waals surface area contributed by atoms with Crippen molar-refractivity contribution in [2.45, 2.75) is 48.5 Å². The van der Waals surface area contributed by atoms with Crippen LogP contribution in [-0.4, -0.2) is 47.4 Å². The molecule has 2 aliphatic rings. The molecule has 2 saturated heterocycles. The average Bonchev–Trinajstić information content (AvgIpc) is 3.21. The zero-order chi connectivity index (χ0) is 26.6. The van der Waals surface area contributed by atoms with Gasteiger partial charge in [0.25, 0.3) is 0 Å². The third-order valence-electron chi connectivity index (χ3n) is 8.08. The van der Waals surface area contributed by atoms with Gasteiger partial charge in [-0.3, -0.25) is 4.79 Å². The zero-order valence-electron chi connectivity index (χ0n) is 21.4. The first kappa shape index (κ1) is 26.8. The molecule has 0 radical (unpaired) electrons. The van der Waals surface area contributed by atoms with Crippen LogP contribution in [0.3, 0.4) is 0 Å². The number of carbonyl (C=O) groups is 1.